The summed E-state index contributed by atoms with van der Waals surface area (Å²) < 4.78 is 0. The van der Waals surface area contributed by atoms with E-state index in [-0.39, 0.29) is 0 Å². The highest BCUT2D eigenvalue weighted by Gasteiger charge is 2.08. The maximum Gasteiger partial charge on any atom is 0.0709 e. The molecule has 66 valence electrons. The van der Waals surface area contributed by atoms with Gasteiger partial charge in [-0.3, -0.25) is 0 Å². The molecule has 0 aliphatic carbocycles. The predicted octanol–water partition coefficient (Wildman–Crippen LogP) is 2.77. The zero-order valence-corrected chi connectivity index (χ0v) is 9.49. The van der Waals surface area contributed by atoms with Crippen molar-refractivity contribution in [2.45, 2.75) is 39.9 Å². The van der Waals surface area contributed by atoms with Crippen LogP contribution in [0.25, 0.3) is 0 Å². The van der Waals surface area contributed by atoms with Gasteiger partial charge in [0, 0.05) is 6.54 Å². The number of nitrogens with one attached hydrogen (secondary N) is 1. The molecule has 0 aliphatic heterocycles. The van der Waals surface area contributed by atoms with Crippen molar-refractivity contribution in [2.75, 3.05) is 6.54 Å². The molecule has 0 bridgehead atoms. The zero-order valence-electron chi connectivity index (χ0n) is 8.49. The average molecular weight is 171 g/mol. The maximum absolute atomic E-state index is 3.38. The molecule has 0 saturated heterocycles. The molecule has 1 N–H and O–H groups in total. The second-order valence-corrected chi connectivity index (χ2v) is 9.14. The predicted molar refractivity (Wildman–Crippen MR) is 55.4 cm³/mol. The van der Waals surface area contributed by atoms with Crippen LogP contribution in [0.15, 0.2) is 11.4 Å². The lowest BCUT2D eigenvalue weighted by Crippen LogP contribution is -2.21. The molecule has 0 aliphatic rings. The molecular formula is C9H21NSi. The summed E-state index contributed by atoms with van der Waals surface area (Å²) in [7, 11) is -0.995. The molecule has 2 heteroatoms. The summed E-state index contributed by atoms with van der Waals surface area (Å²) in [6, 6.07) is 0. The van der Waals surface area contributed by atoms with Gasteiger partial charge in [-0.25, -0.2) is 0 Å². The minimum absolute atomic E-state index is 0.995. The summed E-state index contributed by atoms with van der Waals surface area (Å²) in [6.07, 6.45) is 1.21. The van der Waals surface area contributed by atoms with Crippen molar-refractivity contribution in [1.82, 2.24) is 5.32 Å². The third-order valence-corrected chi connectivity index (χ3v) is 2.60. The van der Waals surface area contributed by atoms with E-state index in [1.807, 2.05) is 0 Å². The molecule has 0 atom stereocenters. The first-order chi connectivity index (χ1) is 4.95. The summed E-state index contributed by atoms with van der Waals surface area (Å²) >= 11 is 0. The molecule has 0 unspecified atom stereocenters. The normalized spacial score (nSPS) is 13.4. The molecule has 0 aromatic carbocycles. The van der Waals surface area contributed by atoms with E-state index in [1.165, 1.54) is 12.1 Å². The lowest BCUT2D eigenvalue weighted by atomic mass is 10.4. The summed E-state index contributed by atoms with van der Waals surface area (Å²) in [5.74, 6) is 0. The van der Waals surface area contributed by atoms with Crippen LogP contribution >= 0.6 is 0 Å². The maximum atomic E-state index is 3.38. The van der Waals surface area contributed by atoms with Gasteiger partial charge in [0.15, 0.2) is 0 Å². The number of hydrogen-bond acceptors (Lipinski definition) is 1. The van der Waals surface area contributed by atoms with Crippen molar-refractivity contribution >= 4 is 8.07 Å². The van der Waals surface area contributed by atoms with Crippen LogP contribution in [-0.2, 0) is 0 Å². The minimum atomic E-state index is -0.995. The van der Waals surface area contributed by atoms with Crippen LogP contribution in [0.5, 0.6) is 0 Å². The molecule has 1 nitrogen and oxygen atoms in total. The molecule has 0 radical (unpaired) electrons. The third kappa shape index (κ3) is 7.66. The van der Waals surface area contributed by atoms with Gasteiger partial charge in [0.05, 0.1) is 8.07 Å². The average Bonchev–Trinajstić information content (AvgIpc) is 1.79. The zero-order chi connectivity index (χ0) is 8.91. The number of rotatable bonds is 4. The van der Waals surface area contributed by atoms with Gasteiger partial charge in [0.2, 0.25) is 0 Å². The van der Waals surface area contributed by atoms with Gasteiger partial charge in [0.1, 0.15) is 0 Å². The Morgan fingerprint density at radius 3 is 2.27 bits per heavy atom. The lowest BCUT2D eigenvalue weighted by Gasteiger charge is -2.12. The van der Waals surface area contributed by atoms with Crippen LogP contribution < -0.4 is 5.32 Å². The van der Waals surface area contributed by atoms with Crippen molar-refractivity contribution in [3.05, 3.63) is 11.4 Å². The van der Waals surface area contributed by atoms with Crippen LogP contribution in [0, 0.1) is 0 Å². The van der Waals surface area contributed by atoms with Crippen molar-refractivity contribution < 1.29 is 0 Å². The van der Waals surface area contributed by atoms with E-state index in [1.54, 1.807) is 0 Å². The monoisotopic (exact) mass is 171 g/mol. The molecule has 11 heavy (non-hydrogen) atoms. The summed E-state index contributed by atoms with van der Waals surface area (Å²) in [5, 5.41) is 3.38. The highest BCUT2D eigenvalue weighted by Crippen LogP contribution is 2.04. The second kappa shape index (κ2) is 4.60. The summed E-state index contributed by atoms with van der Waals surface area (Å²) in [5.41, 5.74) is 3.76. The van der Waals surface area contributed by atoms with E-state index >= 15 is 0 Å². The van der Waals surface area contributed by atoms with Gasteiger partial charge < -0.3 is 5.32 Å². The van der Waals surface area contributed by atoms with Crippen LogP contribution in [0.3, 0.4) is 0 Å². The summed E-state index contributed by atoms with van der Waals surface area (Å²) in [6.45, 7) is 12.5. The summed E-state index contributed by atoms with van der Waals surface area (Å²) in [4.78, 5) is 0. The van der Waals surface area contributed by atoms with E-state index in [4.69, 9.17) is 0 Å². The van der Waals surface area contributed by atoms with E-state index in [0.29, 0.717) is 0 Å². The fraction of sp³-hybridized carbons (Fsp3) is 0.778. The fourth-order valence-corrected chi connectivity index (χ4v) is 2.42. The van der Waals surface area contributed by atoms with Gasteiger partial charge in [-0.1, -0.05) is 32.3 Å². The number of hydrogen-bond donors (Lipinski definition) is 1. The van der Waals surface area contributed by atoms with Gasteiger partial charge >= 0.3 is 0 Å². The first-order valence-electron chi connectivity index (χ1n) is 4.39. The Labute approximate surface area is 71.9 Å². The Morgan fingerprint density at radius 1 is 1.36 bits per heavy atom. The Morgan fingerprint density at radius 2 is 1.91 bits per heavy atom. The van der Waals surface area contributed by atoms with Gasteiger partial charge in [0.25, 0.3) is 0 Å². The van der Waals surface area contributed by atoms with Crippen LogP contribution in [-0.4, -0.2) is 14.6 Å². The van der Waals surface area contributed by atoms with Crippen molar-refractivity contribution in [3.63, 3.8) is 0 Å². The molecule has 0 saturated carbocycles. The lowest BCUT2D eigenvalue weighted by molar-refractivity contribution is 0.770. The standard InChI is InChI=1S/C9H21NSi/c1-6-7-10-9(2)8-11(3,4)5/h8,10H,6-7H2,1-5H3/b9-8+. The first kappa shape index (κ1) is 10.8. The highest BCUT2D eigenvalue weighted by atomic mass is 28.3. The molecule has 0 fully saturated rings. The Kier molecular flexibility index (Phi) is 4.50. The Bertz CT molecular complexity index is 133. The molecular weight excluding hydrogens is 150 g/mol. The third-order valence-electron chi connectivity index (χ3n) is 1.30. The van der Waals surface area contributed by atoms with Crippen LogP contribution in [0.2, 0.25) is 19.6 Å². The van der Waals surface area contributed by atoms with Crippen molar-refractivity contribution in [1.29, 1.82) is 0 Å². The molecule has 0 heterocycles. The molecule has 0 aromatic rings. The van der Waals surface area contributed by atoms with Gasteiger partial charge in [-0.2, -0.15) is 0 Å². The van der Waals surface area contributed by atoms with Crippen LogP contribution in [0.1, 0.15) is 20.3 Å². The largest absolute Gasteiger partial charge is 0.389 e. The Balaban J connectivity index is 3.81. The molecule has 0 spiro atoms. The van der Waals surface area contributed by atoms with Crippen LogP contribution in [0.4, 0.5) is 0 Å². The molecule has 0 aromatic heterocycles. The van der Waals surface area contributed by atoms with Crippen molar-refractivity contribution in [3.8, 4) is 0 Å². The minimum Gasteiger partial charge on any atom is -0.389 e. The topological polar surface area (TPSA) is 12.0 Å². The Hall–Kier alpha value is -0.243. The quantitative estimate of drug-likeness (QED) is 0.641. The van der Waals surface area contributed by atoms with E-state index in [2.05, 4.69) is 44.5 Å². The first-order valence-corrected chi connectivity index (χ1v) is 7.97. The molecule has 0 amide bonds. The van der Waals surface area contributed by atoms with E-state index in [9.17, 15) is 0 Å². The van der Waals surface area contributed by atoms with Crippen molar-refractivity contribution in [2.24, 2.45) is 0 Å². The second-order valence-electron chi connectivity index (χ2n) is 4.12. The highest BCUT2D eigenvalue weighted by molar-refractivity contribution is 6.81. The van der Waals surface area contributed by atoms with E-state index < -0.39 is 8.07 Å². The molecule has 0 rings (SSSR count). The SMILES string of the molecule is CCCN/C(C)=C/[Si](C)(C)C. The van der Waals surface area contributed by atoms with Gasteiger partial charge in [-0.05, 0) is 19.0 Å². The smallest absolute Gasteiger partial charge is 0.0709 e. The number of allylic oxidation sites excluding steroid dienone is 1. The van der Waals surface area contributed by atoms with E-state index in [0.717, 1.165) is 6.54 Å². The van der Waals surface area contributed by atoms with Gasteiger partial charge in [-0.15, -0.1) is 0 Å². The fourth-order valence-electron chi connectivity index (χ4n) is 1.02.